The first kappa shape index (κ1) is 30.7. The molecule has 0 fully saturated rings. The summed E-state index contributed by atoms with van der Waals surface area (Å²) in [7, 11) is 0. The van der Waals surface area contributed by atoms with E-state index in [-0.39, 0.29) is 18.8 Å². The Morgan fingerprint density at radius 2 is 1.68 bits per heavy atom. The number of para-hydroxylation sites is 1. The van der Waals surface area contributed by atoms with Crippen LogP contribution in [0.4, 0.5) is 0 Å². The fourth-order valence-electron chi connectivity index (χ4n) is 4.07. The number of nitrogens with one attached hydrogen (secondary N) is 4. The summed E-state index contributed by atoms with van der Waals surface area (Å²) in [4.78, 5) is 53.4. The molecule has 1 aromatic heterocycles. The molecule has 10 N–H and O–H groups in total. The fraction of sp³-hybridized carbons (Fsp3) is 0.538. The summed E-state index contributed by atoms with van der Waals surface area (Å²) >= 11 is 0. The first-order valence-electron chi connectivity index (χ1n) is 12.9. The number of carboxylic acids is 1. The molecule has 0 spiro atoms. The molecule has 12 heteroatoms. The van der Waals surface area contributed by atoms with Gasteiger partial charge >= 0.3 is 5.97 Å². The second-order valence-electron chi connectivity index (χ2n) is 9.47. The summed E-state index contributed by atoms with van der Waals surface area (Å²) < 4.78 is 0. The Kier molecular flexibility index (Phi) is 12.2. The first-order valence-corrected chi connectivity index (χ1v) is 12.9. The van der Waals surface area contributed by atoms with Crippen molar-refractivity contribution in [2.75, 3.05) is 13.2 Å². The Balaban J connectivity index is 2.04. The average Bonchev–Trinajstić information content (AvgIpc) is 3.31. The molecule has 210 valence electrons. The molecule has 2 aromatic rings. The van der Waals surface area contributed by atoms with E-state index in [9.17, 15) is 29.4 Å². The molecule has 5 unspecified atom stereocenters. The van der Waals surface area contributed by atoms with Crippen molar-refractivity contribution in [1.29, 1.82) is 0 Å². The van der Waals surface area contributed by atoms with E-state index in [0.717, 1.165) is 16.5 Å². The number of rotatable bonds is 16. The number of aliphatic hydroxyl groups excluding tert-OH is 1. The minimum absolute atomic E-state index is 0.198. The number of nitrogens with two attached hydrogens (primary N) is 2. The zero-order chi connectivity index (χ0) is 28.2. The number of aliphatic carboxylic acids is 1. The van der Waals surface area contributed by atoms with Crippen molar-refractivity contribution in [3.63, 3.8) is 0 Å². The lowest BCUT2D eigenvalue weighted by atomic mass is 9.97. The Hall–Kier alpha value is -3.48. The predicted molar refractivity (Wildman–Crippen MR) is 143 cm³/mol. The van der Waals surface area contributed by atoms with Crippen molar-refractivity contribution in [2.24, 2.45) is 17.4 Å². The Labute approximate surface area is 221 Å². The third-order valence-electron chi connectivity index (χ3n) is 6.62. The van der Waals surface area contributed by atoms with Crippen molar-refractivity contribution in [1.82, 2.24) is 20.9 Å². The molecule has 2 rings (SSSR count). The molecule has 1 aromatic carbocycles. The molecule has 0 aliphatic rings. The maximum Gasteiger partial charge on any atom is 0.326 e. The quantitative estimate of drug-likeness (QED) is 0.135. The van der Waals surface area contributed by atoms with Crippen LogP contribution >= 0.6 is 0 Å². The van der Waals surface area contributed by atoms with E-state index in [2.05, 4.69) is 20.9 Å². The standard InChI is InChI=1S/C26H40N6O6/c1-3-15(2)22(25(36)30-20(26(37)38)10-6-7-11-27)32-24(35)21(14-33)31-23(34)18(28)12-16-13-29-19-9-5-4-8-17(16)19/h4-5,8-9,13,15,18,20-22,29,33H,3,6-7,10-12,14,27-28H2,1-2H3,(H,30,36)(H,31,34)(H,32,35)(H,37,38). The van der Waals surface area contributed by atoms with E-state index in [4.69, 9.17) is 11.5 Å². The second kappa shape index (κ2) is 15.1. The van der Waals surface area contributed by atoms with E-state index < -0.39 is 54.5 Å². The van der Waals surface area contributed by atoms with E-state index in [1.807, 2.05) is 31.2 Å². The van der Waals surface area contributed by atoms with Crippen LogP contribution in [0.15, 0.2) is 30.5 Å². The molecule has 5 atom stereocenters. The summed E-state index contributed by atoms with van der Waals surface area (Å²) in [6.07, 6.45) is 3.81. The highest BCUT2D eigenvalue weighted by Crippen LogP contribution is 2.19. The summed E-state index contributed by atoms with van der Waals surface area (Å²) in [6.45, 7) is 3.25. The number of fused-ring (bicyclic) bond motifs is 1. The van der Waals surface area contributed by atoms with Crippen molar-refractivity contribution < 1.29 is 29.4 Å². The number of aromatic amines is 1. The molecule has 0 saturated heterocycles. The molecule has 12 nitrogen and oxygen atoms in total. The highest BCUT2D eigenvalue weighted by Gasteiger charge is 2.32. The predicted octanol–water partition coefficient (Wildman–Crippen LogP) is -0.256. The Morgan fingerprint density at radius 3 is 2.32 bits per heavy atom. The maximum absolute atomic E-state index is 13.0. The van der Waals surface area contributed by atoms with Gasteiger partial charge in [0.15, 0.2) is 0 Å². The third kappa shape index (κ3) is 8.54. The van der Waals surface area contributed by atoms with Crippen molar-refractivity contribution in [3.05, 3.63) is 36.0 Å². The van der Waals surface area contributed by atoms with Gasteiger partial charge in [-0.15, -0.1) is 0 Å². The molecule has 0 bridgehead atoms. The number of hydrogen-bond donors (Lipinski definition) is 8. The molecule has 0 saturated carbocycles. The normalized spacial score (nSPS) is 15.2. The number of aliphatic hydroxyl groups is 1. The lowest BCUT2D eigenvalue weighted by Gasteiger charge is -2.27. The van der Waals surface area contributed by atoms with Gasteiger partial charge in [-0.25, -0.2) is 4.79 Å². The Morgan fingerprint density at radius 1 is 1.00 bits per heavy atom. The number of hydrogen-bond acceptors (Lipinski definition) is 7. The van der Waals surface area contributed by atoms with Gasteiger partial charge in [0, 0.05) is 17.1 Å². The zero-order valence-electron chi connectivity index (χ0n) is 21.9. The molecular formula is C26H40N6O6. The van der Waals surface area contributed by atoms with Gasteiger partial charge in [-0.1, -0.05) is 38.5 Å². The molecule has 0 radical (unpaired) electrons. The van der Waals surface area contributed by atoms with Gasteiger partial charge in [-0.05, 0) is 49.8 Å². The number of amides is 3. The SMILES string of the molecule is CCC(C)C(NC(=O)C(CO)NC(=O)C(N)Cc1c[nH]c2ccccc12)C(=O)NC(CCCCN)C(=O)O. The van der Waals surface area contributed by atoms with Crippen LogP contribution in [0, 0.1) is 5.92 Å². The topological polar surface area (TPSA) is 213 Å². The highest BCUT2D eigenvalue weighted by atomic mass is 16.4. The van der Waals surface area contributed by atoms with E-state index in [1.54, 1.807) is 13.1 Å². The first-order chi connectivity index (χ1) is 18.1. The van der Waals surface area contributed by atoms with Crippen LogP contribution in [0.25, 0.3) is 10.9 Å². The lowest BCUT2D eigenvalue weighted by molar-refractivity contribution is -0.143. The van der Waals surface area contributed by atoms with Crippen LogP contribution in [0.3, 0.4) is 0 Å². The van der Waals surface area contributed by atoms with Gasteiger partial charge in [0.05, 0.1) is 12.6 Å². The molecule has 3 amide bonds. The van der Waals surface area contributed by atoms with Crippen molar-refractivity contribution in [3.8, 4) is 0 Å². The number of unbranched alkanes of at least 4 members (excludes halogenated alkanes) is 1. The molecule has 38 heavy (non-hydrogen) atoms. The van der Waals surface area contributed by atoms with Gasteiger partial charge in [0.2, 0.25) is 17.7 Å². The number of carbonyl (C=O) groups excluding carboxylic acids is 3. The molecule has 0 aliphatic heterocycles. The largest absolute Gasteiger partial charge is 0.480 e. The number of carbonyl (C=O) groups is 4. The summed E-state index contributed by atoms with van der Waals surface area (Å²) in [5.74, 6) is -3.62. The van der Waals surface area contributed by atoms with E-state index in [1.165, 1.54) is 0 Å². The van der Waals surface area contributed by atoms with Crippen LogP contribution in [0.5, 0.6) is 0 Å². The van der Waals surface area contributed by atoms with Crippen LogP contribution < -0.4 is 27.4 Å². The smallest absolute Gasteiger partial charge is 0.326 e. The molecule has 1 heterocycles. The van der Waals surface area contributed by atoms with Gasteiger partial charge < -0.3 is 42.6 Å². The Bertz CT molecular complexity index is 1090. The lowest BCUT2D eigenvalue weighted by Crippen LogP contribution is -2.59. The highest BCUT2D eigenvalue weighted by molar-refractivity contribution is 5.94. The summed E-state index contributed by atoms with van der Waals surface area (Å²) in [6, 6.07) is 3.02. The van der Waals surface area contributed by atoms with Crippen molar-refractivity contribution >= 4 is 34.6 Å². The minimum Gasteiger partial charge on any atom is -0.480 e. The number of aromatic nitrogens is 1. The fourth-order valence-corrected chi connectivity index (χ4v) is 4.07. The summed E-state index contributed by atoms with van der Waals surface area (Å²) in [5.41, 5.74) is 13.3. The van der Waals surface area contributed by atoms with Gasteiger partial charge in [0.25, 0.3) is 0 Å². The number of H-pyrrole nitrogens is 1. The average molecular weight is 533 g/mol. The minimum atomic E-state index is -1.35. The number of benzene rings is 1. The van der Waals surface area contributed by atoms with Crippen molar-refractivity contribution in [2.45, 2.75) is 70.1 Å². The van der Waals surface area contributed by atoms with Crippen LogP contribution in [-0.2, 0) is 25.6 Å². The maximum atomic E-state index is 13.0. The van der Waals surface area contributed by atoms with E-state index in [0.29, 0.717) is 25.8 Å². The monoisotopic (exact) mass is 532 g/mol. The molecule has 0 aliphatic carbocycles. The molecular weight excluding hydrogens is 492 g/mol. The number of carboxylic acid groups (broad SMARTS) is 1. The van der Waals surface area contributed by atoms with Gasteiger partial charge in [-0.3, -0.25) is 14.4 Å². The zero-order valence-corrected chi connectivity index (χ0v) is 21.9. The van der Waals surface area contributed by atoms with Crippen LogP contribution in [-0.4, -0.2) is 76.2 Å². The third-order valence-corrected chi connectivity index (χ3v) is 6.62. The van der Waals surface area contributed by atoms with Gasteiger partial charge in [-0.2, -0.15) is 0 Å². The van der Waals surface area contributed by atoms with Crippen LogP contribution in [0.2, 0.25) is 0 Å². The summed E-state index contributed by atoms with van der Waals surface area (Å²) in [5, 5.41) is 27.7. The second-order valence-corrected chi connectivity index (χ2v) is 9.47. The van der Waals surface area contributed by atoms with Gasteiger partial charge in [0.1, 0.15) is 18.1 Å². The van der Waals surface area contributed by atoms with Crippen LogP contribution in [0.1, 0.15) is 45.1 Å². The van der Waals surface area contributed by atoms with E-state index >= 15 is 0 Å².